The zero-order valence-electron chi connectivity index (χ0n) is 21.2. The van der Waals surface area contributed by atoms with E-state index in [2.05, 4.69) is 61.1 Å². The number of H-pyrrole nitrogens is 1. The summed E-state index contributed by atoms with van der Waals surface area (Å²) in [6, 6.07) is 16.5. The van der Waals surface area contributed by atoms with Gasteiger partial charge >= 0.3 is 0 Å². The summed E-state index contributed by atoms with van der Waals surface area (Å²) in [5, 5.41) is 1.96. The number of nitrogens with one attached hydrogen (secondary N) is 1. The summed E-state index contributed by atoms with van der Waals surface area (Å²) in [7, 11) is 0. The number of benzene rings is 2. The lowest BCUT2D eigenvalue weighted by atomic mass is 9.92. The average Bonchev–Trinajstić information content (AvgIpc) is 3.31. The first-order chi connectivity index (χ1) is 18.3. The highest BCUT2D eigenvalue weighted by Crippen LogP contribution is 2.40. The minimum Gasteiger partial charge on any atom is -0.494 e. The Morgan fingerprint density at radius 2 is 1.76 bits per heavy atom. The summed E-state index contributed by atoms with van der Waals surface area (Å²) in [6.07, 6.45) is 10.9. The third kappa shape index (κ3) is 5.32. The van der Waals surface area contributed by atoms with Crippen LogP contribution in [-0.2, 0) is 6.42 Å². The Kier molecular flexibility index (Phi) is 7.29. The highest BCUT2D eigenvalue weighted by molar-refractivity contribution is 6.31. The minimum atomic E-state index is -0.0177. The van der Waals surface area contributed by atoms with Crippen molar-refractivity contribution >= 4 is 28.5 Å². The first-order valence-corrected chi connectivity index (χ1v) is 13.9. The second-order valence-electron chi connectivity index (χ2n) is 10.1. The number of hydrogen-bond acceptors (Lipinski definition) is 5. The van der Waals surface area contributed by atoms with Gasteiger partial charge in [0.25, 0.3) is 0 Å². The van der Waals surface area contributed by atoms with Crippen molar-refractivity contribution in [2.45, 2.75) is 44.6 Å². The smallest absolute Gasteiger partial charge is 0.226 e. The molecule has 37 heavy (non-hydrogen) atoms. The summed E-state index contributed by atoms with van der Waals surface area (Å²) in [5.74, 6) is 1.66. The van der Waals surface area contributed by atoms with Crippen LogP contribution in [0.1, 0.15) is 55.0 Å². The Bertz CT molecular complexity index is 1320. The van der Waals surface area contributed by atoms with E-state index in [1.54, 1.807) is 0 Å². The van der Waals surface area contributed by atoms with Gasteiger partial charge in [0.1, 0.15) is 5.75 Å². The molecule has 6 rings (SSSR count). The van der Waals surface area contributed by atoms with Gasteiger partial charge in [-0.15, -0.1) is 0 Å². The molecule has 0 saturated carbocycles. The van der Waals surface area contributed by atoms with Crippen molar-refractivity contribution in [3.8, 4) is 5.75 Å². The molecule has 7 heteroatoms. The molecule has 2 aliphatic heterocycles. The van der Waals surface area contributed by atoms with Crippen molar-refractivity contribution in [2.75, 3.05) is 37.7 Å². The maximum absolute atomic E-state index is 6.35. The molecule has 0 aliphatic carbocycles. The number of halogens is 1. The number of ether oxygens (including phenoxy) is 1. The van der Waals surface area contributed by atoms with E-state index in [0.29, 0.717) is 0 Å². The van der Waals surface area contributed by atoms with Gasteiger partial charge in [0.2, 0.25) is 5.95 Å². The standard InChI is InChI=1S/C30H34ClN5O/c31-23-9-12-27-26(21-23)25-13-19-36(30-32-14-6-15-33-30)29(28(25)34-27)22-7-10-24(11-8-22)37-20-5-4-18-35-16-2-1-3-17-35/h6-12,14-15,21,29,34H,1-5,13,16-20H2. The van der Waals surface area contributed by atoms with Crippen LogP contribution >= 0.6 is 11.6 Å². The van der Waals surface area contributed by atoms with Gasteiger partial charge in [-0.25, -0.2) is 9.97 Å². The number of hydrogen-bond donors (Lipinski definition) is 1. The molecular formula is C30H34ClN5O. The van der Waals surface area contributed by atoms with Crippen molar-refractivity contribution in [1.29, 1.82) is 0 Å². The lowest BCUT2D eigenvalue weighted by Gasteiger charge is -2.36. The van der Waals surface area contributed by atoms with E-state index in [4.69, 9.17) is 16.3 Å². The summed E-state index contributed by atoms with van der Waals surface area (Å²) in [6.45, 7) is 5.31. The van der Waals surface area contributed by atoms with Crippen LogP contribution in [0.5, 0.6) is 5.75 Å². The number of anilines is 1. The van der Waals surface area contributed by atoms with Gasteiger partial charge in [-0.3, -0.25) is 0 Å². The molecule has 4 aromatic rings. The van der Waals surface area contributed by atoms with Gasteiger partial charge in [-0.2, -0.15) is 0 Å². The van der Waals surface area contributed by atoms with Gasteiger partial charge in [0.15, 0.2) is 0 Å². The van der Waals surface area contributed by atoms with E-state index >= 15 is 0 Å². The Morgan fingerprint density at radius 3 is 2.57 bits per heavy atom. The van der Waals surface area contributed by atoms with Crippen LogP contribution in [-0.4, -0.2) is 52.6 Å². The molecule has 1 N–H and O–H groups in total. The summed E-state index contributed by atoms with van der Waals surface area (Å²) >= 11 is 6.35. The third-order valence-electron chi connectivity index (χ3n) is 7.68. The summed E-state index contributed by atoms with van der Waals surface area (Å²) in [5.41, 5.74) is 4.80. The number of piperidine rings is 1. The zero-order chi connectivity index (χ0) is 25.0. The van der Waals surface area contributed by atoms with Crippen molar-refractivity contribution in [1.82, 2.24) is 19.9 Å². The molecule has 0 amide bonds. The number of aromatic amines is 1. The average molecular weight is 516 g/mol. The second-order valence-corrected chi connectivity index (χ2v) is 10.6. The Balaban J connectivity index is 1.19. The molecule has 6 nitrogen and oxygen atoms in total. The third-order valence-corrected chi connectivity index (χ3v) is 7.92. The van der Waals surface area contributed by atoms with Crippen LogP contribution < -0.4 is 9.64 Å². The Hall–Kier alpha value is -3.09. The maximum Gasteiger partial charge on any atom is 0.226 e. The quantitative estimate of drug-likeness (QED) is 0.275. The molecule has 1 saturated heterocycles. The number of unbranched alkanes of at least 4 members (excludes halogenated alkanes) is 1. The van der Waals surface area contributed by atoms with Gasteiger partial charge in [0, 0.05) is 40.6 Å². The largest absolute Gasteiger partial charge is 0.494 e. The molecule has 0 spiro atoms. The van der Waals surface area contributed by atoms with Crippen LogP contribution in [0.25, 0.3) is 10.9 Å². The van der Waals surface area contributed by atoms with Crippen LogP contribution in [0, 0.1) is 0 Å². The fraction of sp³-hybridized carbons (Fsp3) is 0.400. The maximum atomic E-state index is 6.35. The summed E-state index contributed by atoms with van der Waals surface area (Å²) in [4.78, 5) is 17.7. The highest BCUT2D eigenvalue weighted by Gasteiger charge is 2.33. The molecule has 2 aromatic carbocycles. The molecule has 1 atom stereocenters. The Labute approximate surface area is 223 Å². The van der Waals surface area contributed by atoms with E-state index in [9.17, 15) is 0 Å². The lowest BCUT2D eigenvalue weighted by Crippen LogP contribution is -2.37. The molecule has 192 valence electrons. The van der Waals surface area contributed by atoms with Crippen molar-refractivity contribution < 1.29 is 4.74 Å². The molecule has 4 heterocycles. The fourth-order valence-electron chi connectivity index (χ4n) is 5.82. The van der Waals surface area contributed by atoms with E-state index in [1.165, 1.54) is 67.5 Å². The van der Waals surface area contributed by atoms with E-state index in [1.807, 2.05) is 24.5 Å². The second kappa shape index (κ2) is 11.1. The predicted molar refractivity (Wildman–Crippen MR) is 150 cm³/mol. The molecule has 2 aromatic heterocycles. The van der Waals surface area contributed by atoms with Gasteiger partial charge in [-0.1, -0.05) is 30.2 Å². The molecular weight excluding hydrogens is 482 g/mol. The van der Waals surface area contributed by atoms with Crippen molar-refractivity contribution in [2.24, 2.45) is 0 Å². The van der Waals surface area contributed by atoms with Crippen molar-refractivity contribution in [3.63, 3.8) is 0 Å². The van der Waals surface area contributed by atoms with E-state index in [0.717, 1.165) is 48.2 Å². The monoisotopic (exact) mass is 515 g/mol. The molecule has 2 aliphatic rings. The first kappa shape index (κ1) is 24.3. The number of fused-ring (bicyclic) bond motifs is 3. The number of rotatable bonds is 8. The SMILES string of the molecule is Clc1ccc2[nH]c3c(c2c1)CCN(c1ncccn1)C3c1ccc(OCCCCN2CCCCC2)cc1. The number of likely N-dealkylation sites (tertiary alicyclic amines) is 1. The van der Waals surface area contributed by atoms with E-state index < -0.39 is 0 Å². The fourth-order valence-corrected chi connectivity index (χ4v) is 5.99. The van der Waals surface area contributed by atoms with Gasteiger partial charge in [-0.05, 0) is 99.3 Å². The number of aromatic nitrogens is 3. The van der Waals surface area contributed by atoms with Crippen LogP contribution in [0.15, 0.2) is 60.9 Å². The zero-order valence-corrected chi connectivity index (χ0v) is 22.0. The molecule has 1 unspecified atom stereocenters. The molecule has 1 fully saturated rings. The van der Waals surface area contributed by atoms with Crippen LogP contribution in [0.2, 0.25) is 5.02 Å². The molecule has 0 radical (unpaired) electrons. The van der Waals surface area contributed by atoms with Gasteiger partial charge < -0.3 is 19.5 Å². The minimum absolute atomic E-state index is 0.0177. The Morgan fingerprint density at radius 1 is 0.946 bits per heavy atom. The predicted octanol–water partition coefficient (Wildman–Crippen LogP) is 6.41. The van der Waals surface area contributed by atoms with Crippen LogP contribution in [0.3, 0.4) is 0 Å². The topological polar surface area (TPSA) is 57.3 Å². The van der Waals surface area contributed by atoms with Crippen molar-refractivity contribution in [3.05, 3.63) is 82.8 Å². The summed E-state index contributed by atoms with van der Waals surface area (Å²) < 4.78 is 6.10. The first-order valence-electron chi connectivity index (χ1n) is 13.5. The normalized spacial score (nSPS) is 18.2. The highest BCUT2D eigenvalue weighted by atomic mass is 35.5. The molecule has 0 bridgehead atoms. The van der Waals surface area contributed by atoms with E-state index in [-0.39, 0.29) is 6.04 Å². The van der Waals surface area contributed by atoms with Crippen LogP contribution in [0.4, 0.5) is 5.95 Å². The van der Waals surface area contributed by atoms with Gasteiger partial charge in [0.05, 0.1) is 12.6 Å². The lowest BCUT2D eigenvalue weighted by molar-refractivity contribution is 0.216. The number of nitrogens with zero attached hydrogens (tertiary/aromatic N) is 4.